The summed E-state index contributed by atoms with van der Waals surface area (Å²) in [6, 6.07) is 6.28. The lowest BCUT2D eigenvalue weighted by Gasteiger charge is -2.27. The maximum absolute atomic E-state index is 12.1. The number of carbonyl (C=O) groups is 1. The maximum Gasteiger partial charge on any atom is 0.279 e. The van der Waals surface area contributed by atoms with Crippen LogP contribution in [0.15, 0.2) is 29.2 Å². The van der Waals surface area contributed by atoms with E-state index < -0.39 is 10.0 Å². The molecule has 1 amide bonds. The Morgan fingerprint density at radius 1 is 1.30 bits per heavy atom. The van der Waals surface area contributed by atoms with Crippen molar-refractivity contribution in [3.05, 3.63) is 24.3 Å². The number of quaternary nitrogens is 1. The van der Waals surface area contributed by atoms with E-state index in [1.807, 2.05) is 0 Å². The number of amides is 1. The van der Waals surface area contributed by atoms with Gasteiger partial charge in [-0.05, 0) is 37.1 Å². The second-order valence-electron chi connectivity index (χ2n) is 6.49. The summed E-state index contributed by atoms with van der Waals surface area (Å²) in [6.45, 7) is 4.76. The Morgan fingerprint density at radius 2 is 1.96 bits per heavy atom. The lowest BCUT2D eigenvalue weighted by molar-refractivity contribution is -0.900. The standard InChI is InChI=1S/C16H25N3O3S/c1-13-5-4-10-19(11-13)12-16(20)17-14-6-8-15(9-7-14)23(21,22)18(2)3/h6-9,13H,4-5,10-12H2,1-3H3,(H,17,20)/p+1/t13-/m1/s1. The van der Waals surface area contributed by atoms with Gasteiger partial charge in [0.05, 0.1) is 18.0 Å². The molecule has 1 aromatic carbocycles. The number of nitrogens with zero attached hydrogens (tertiary/aromatic N) is 1. The van der Waals surface area contributed by atoms with Crippen LogP contribution in [-0.2, 0) is 14.8 Å². The number of likely N-dealkylation sites (tertiary alicyclic amines) is 1. The zero-order valence-electron chi connectivity index (χ0n) is 14.0. The van der Waals surface area contributed by atoms with E-state index in [0.717, 1.165) is 13.1 Å². The molecule has 1 saturated heterocycles. The highest BCUT2D eigenvalue weighted by Crippen LogP contribution is 2.16. The number of hydrogen-bond acceptors (Lipinski definition) is 3. The van der Waals surface area contributed by atoms with Crippen LogP contribution in [0, 0.1) is 5.92 Å². The van der Waals surface area contributed by atoms with Crippen molar-refractivity contribution < 1.29 is 18.1 Å². The first-order valence-corrected chi connectivity index (χ1v) is 9.39. The molecule has 1 fully saturated rings. The first-order valence-electron chi connectivity index (χ1n) is 7.95. The van der Waals surface area contributed by atoms with Gasteiger partial charge >= 0.3 is 0 Å². The fraction of sp³-hybridized carbons (Fsp3) is 0.562. The van der Waals surface area contributed by atoms with Crippen LogP contribution in [0.2, 0.25) is 0 Å². The first-order chi connectivity index (χ1) is 10.8. The van der Waals surface area contributed by atoms with E-state index in [4.69, 9.17) is 0 Å². The van der Waals surface area contributed by atoms with Crippen molar-refractivity contribution in [1.82, 2.24) is 4.31 Å². The van der Waals surface area contributed by atoms with Gasteiger partial charge in [-0.1, -0.05) is 6.92 Å². The van der Waals surface area contributed by atoms with E-state index in [1.54, 1.807) is 12.1 Å². The number of hydrogen-bond donors (Lipinski definition) is 2. The van der Waals surface area contributed by atoms with Crippen molar-refractivity contribution in [3.63, 3.8) is 0 Å². The second kappa shape index (κ2) is 7.42. The zero-order valence-corrected chi connectivity index (χ0v) is 14.8. The minimum absolute atomic E-state index is 0.0303. The van der Waals surface area contributed by atoms with Crippen molar-refractivity contribution in [2.45, 2.75) is 24.7 Å². The molecule has 1 heterocycles. The number of rotatable bonds is 5. The molecule has 1 unspecified atom stereocenters. The first kappa shape index (κ1) is 17.9. The Balaban J connectivity index is 1.94. The Bertz CT molecular complexity index is 641. The molecule has 0 radical (unpaired) electrons. The smallest absolute Gasteiger partial charge is 0.279 e. The molecular weight excluding hydrogens is 314 g/mol. The SMILES string of the molecule is C[C@@H]1CCC[NH+](CC(=O)Nc2ccc(S(=O)(=O)N(C)C)cc2)C1. The monoisotopic (exact) mass is 340 g/mol. The Labute approximate surface area is 138 Å². The van der Waals surface area contributed by atoms with Crippen LogP contribution in [0.4, 0.5) is 5.69 Å². The average Bonchev–Trinajstić information content (AvgIpc) is 2.47. The number of carbonyl (C=O) groups excluding carboxylic acids is 1. The van der Waals surface area contributed by atoms with E-state index in [2.05, 4.69) is 12.2 Å². The van der Waals surface area contributed by atoms with Gasteiger partial charge in [0.15, 0.2) is 6.54 Å². The highest BCUT2D eigenvalue weighted by Gasteiger charge is 2.22. The molecule has 1 aromatic rings. The number of anilines is 1. The van der Waals surface area contributed by atoms with Crippen LogP contribution in [0.5, 0.6) is 0 Å². The maximum atomic E-state index is 12.1. The van der Waals surface area contributed by atoms with Crippen LogP contribution in [0.25, 0.3) is 0 Å². The summed E-state index contributed by atoms with van der Waals surface area (Å²) in [5.74, 6) is 0.638. The van der Waals surface area contributed by atoms with E-state index in [1.165, 1.54) is 48.3 Å². The summed E-state index contributed by atoms with van der Waals surface area (Å²) in [5.41, 5.74) is 0.622. The van der Waals surface area contributed by atoms with Gasteiger partial charge in [0, 0.05) is 25.7 Å². The normalized spacial score (nSPS) is 22.1. The largest absolute Gasteiger partial charge is 0.327 e. The minimum Gasteiger partial charge on any atom is -0.327 e. The molecule has 0 bridgehead atoms. The van der Waals surface area contributed by atoms with Crippen molar-refractivity contribution >= 4 is 21.6 Å². The Morgan fingerprint density at radius 3 is 2.52 bits per heavy atom. The van der Waals surface area contributed by atoms with Crippen LogP contribution < -0.4 is 10.2 Å². The summed E-state index contributed by atoms with van der Waals surface area (Å²) < 4.78 is 25.2. The van der Waals surface area contributed by atoms with E-state index in [9.17, 15) is 13.2 Å². The number of benzene rings is 1. The Kier molecular flexibility index (Phi) is 5.78. The molecule has 6 nitrogen and oxygen atoms in total. The second-order valence-corrected chi connectivity index (χ2v) is 8.64. The van der Waals surface area contributed by atoms with Crippen molar-refractivity contribution in [3.8, 4) is 0 Å². The molecule has 0 aliphatic carbocycles. The highest BCUT2D eigenvalue weighted by atomic mass is 32.2. The quantitative estimate of drug-likeness (QED) is 0.804. The third kappa shape index (κ3) is 4.76. The van der Waals surface area contributed by atoms with Crippen LogP contribution in [0.1, 0.15) is 19.8 Å². The summed E-state index contributed by atoms with van der Waals surface area (Å²) in [5, 5.41) is 2.84. The lowest BCUT2D eigenvalue weighted by atomic mass is 10.0. The van der Waals surface area contributed by atoms with Gasteiger partial charge in [0.25, 0.3) is 5.91 Å². The molecule has 0 spiro atoms. The molecule has 1 aliphatic heterocycles. The summed E-state index contributed by atoms with van der Waals surface area (Å²) in [4.78, 5) is 13.7. The third-order valence-corrected chi connectivity index (χ3v) is 6.02. The lowest BCUT2D eigenvalue weighted by Crippen LogP contribution is -3.14. The van der Waals surface area contributed by atoms with Gasteiger partial charge in [0.2, 0.25) is 10.0 Å². The van der Waals surface area contributed by atoms with Crippen molar-refractivity contribution in [1.29, 1.82) is 0 Å². The topological polar surface area (TPSA) is 70.9 Å². The molecule has 23 heavy (non-hydrogen) atoms. The van der Waals surface area contributed by atoms with Crippen LogP contribution in [-0.4, -0.2) is 52.4 Å². The third-order valence-electron chi connectivity index (χ3n) is 4.19. The van der Waals surface area contributed by atoms with E-state index in [-0.39, 0.29) is 10.8 Å². The molecule has 0 saturated carbocycles. The van der Waals surface area contributed by atoms with Crippen molar-refractivity contribution in [2.24, 2.45) is 5.92 Å². The summed E-state index contributed by atoms with van der Waals surface area (Å²) >= 11 is 0. The van der Waals surface area contributed by atoms with E-state index in [0.29, 0.717) is 18.2 Å². The molecular formula is C16H26N3O3S+. The molecule has 128 valence electrons. The fourth-order valence-corrected chi connectivity index (χ4v) is 3.81. The summed E-state index contributed by atoms with van der Waals surface area (Å²) in [7, 11) is -0.448. The molecule has 1 aliphatic rings. The molecule has 0 aromatic heterocycles. The molecule has 7 heteroatoms. The average molecular weight is 340 g/mol. The van der Waals surface area contributed by atoms with Crippen LogP contribution >= 0.6 is 0 Å². The van der Waals surface area contributed by atoms with Gasteiger partial charge in [-0.3, -0.25) is 4.79 Å². The number of nitrogens with one attached hydrogen (secondary N) is 2. The highest BCUT2D eigenvalue weighted by molar-refractivity contribution is 7.89. The molecule has 2 rings (SSSR count). The predicted octanol–water partition coefficient (Wildman–Crippen LogP) is 0.190. The van der Waals surface area contributed by atoms with E-state index >= 15 is 0 Å². The van der Waals surface area contributed by atoms with Crippen LogP contribution in [0.3, 0.4) is 0 Å². The van der Waals surface area contributed by atoms with Gasteiger partial charge in [-0.15, -0.1) is 0 Å². The van der Waals surface area contributed by atoms with Gasteiger partial charge in [-0.2, -0.15) is 0 Å². The molecule has 2 atom stereocenters. The fourth-order valence-electron chi connectivity index (χ4n) is 2.91. The summed E-state index contributed by atoms with van der Waals surface area (Å²) in [6.07, 6.45) is 2.41. The number of sulfonamides is 1. The number of piperidine rings is 1. The van der Waals surface area contributed by atoms with Gasteiger partial charge in [-0.25, -0.2) is 12.7 Å². The molecule has 2 N–H and O–H groups in total. The Hall–Kier alpha value is -1.44. The minimum atomic E-state index is -3.43. The van der Waals surface area contributed by atoms with Crippen molar-refractivity contribution in [2.75, 3.05) is 39.0 Å². The van der Waals surface area contributed by atoms with Gasteiger partial charge < -0.3 is 10.2 Å². The van der Waals surface area contributed by atoms with Gasteiger partial charge in [0.1, 0.15) is 0 Å². The zero-order chi connectivity index (χ0) is 17.0. The predicted molar refractivity (Wildman–Crippen MR) is 89.9 cm³/mol.